The second-order valence-corrected chi connectivity index (χ2v) is 7.45. The molecule has 0 aliphatic heterocycles. The van der Waals surface area contributed by atoms with E-state index in [-0.39, 0.29) is 35.7 Å². The first kappa shape index (κ1) is 20.6. The Kier molecular flexibility index (Phi) is 8.35. The highest BCUT2D eigenvalue weighted by molar-refractivity contribution is 5.91. The van der Waals surface area contributed by atoms with E-state index < -0.39 is 11.4 Å². The molecule has 3 N–H and O–H groups in total. The molecule has 0 bridgehead atoms. The molecule has 22 heavy (non-hydrogen) atoms. The first-order chi connectivity index (χ1) is 9.96. The molecule has 0 aromatic rings. The summed E-state index contributed by atoms with van der Waals surface area (Å²) in [6.45, 7) is 12.0. The van der Waals surface area contributed by atoms with E-state index in [0.29, 0.717) is 19.4 Å². The predicted molar refractivity (Wildman–Crippen MR) is 88.4 cm³/mol. The molecule has 0 radical (unpaired) electrons. The van der Waals surface area contributed by atoms with Gasteiger partial charge in [-0.3, -0.25) is 9.59 Å². The first-order valence-corrected chi connectivity index (χ1v) is 8.07. The molecule has 0 saturated carbocycles. The van der Waals surface area contributed by atoms with Crippen molar-refractivity contribution in [3.63, 3.8) is 0 Å². The van der Waals surface area contributed by atoms with Crippen LogP contribution in [0.1, 0.15) is 60.8 Å². The van der Waals surface area contributed by atoms with Crippen LogP contribution >= 0.6 is 0 Å². The predicted octanol–water partition coefficient (Wildman–Crippen LogP) is 2.92. The molecule has 0 aromatic heterocycles. The van der Waals surface area contributed by atoms with Gasteiger partial charge in [0.15, 0.2) is 0 Å². The summed E-state index contributed by atoms with van der Waals surface area (Å²) in [6, 6.07) is -0.566. The van der Waals surface area contributed by atoms with Gasteiger partial charge in [-0.15, -0.1) is 0 Å². The lowest BCUT2D eigenvalue weighted by atomic mass is 9.77. The lowest BCUT2D eigenvalue weighted by Crippen LogP contribution is -2.33. The number of carbonyl (C=O) groups is 3. The van der Waals surface area contributed by atoms with Crippen LogP contribution in [0.5, 0.6) is 0 Å². The Morgan fingerprint density at radius 3 is 2.05 bits per heavy atom. The molecule has 0 fully saturated rings. The number of carbonyl (C=O) groups excluding carboxylic acids is 3. The number of amides is 2. The molecule has 128 valence electrons. The Balaban J connectivity index is 4.76. The monoisotopic (exact) mass is 312 g/mol. The maximum absolute atomic E-state index is 12.6. The van der Waals surface area contributed by atoms with Crippen molar-refractivity contribution in [2.75, 3.05) is 6.54 Å². The van der Waals surface area contributed by atoms with E-state index in [0.717, 1.165) is 0 Å². The zero-order valence-electron chi connectivity index (χ0n) is 14.9. The second kappa shape index (κ2) is 8.91. The fourth-order valence-corrected chi connectivity index (χ4v) is 2.30. The van der Waals surface area contributed by atoms with Crippen molar-refractivity contribution >= 4 is 17.6 Å². The molecule has 0 aromatic carbocycles. The highest BCUT2D eigenvalue weighted by Gasteiger charge is 2.32. The molecule has 2 unspecified atom stereocenters. The normalized spacial score (nSPS) is 14.5. The van der Waals surface area contributed by atoms with Crippen molar-refractivity contribution in [2.24, 2.45) is 28.9 Å². The number of nitrogens with one attached hydrogen (secondary N) is 1. The van der Waals surface area contributed by atoms with E-state index in [4.69, 9.17) is 5.73 Å². The van der Waals surface area contributed by atoms with E-state index in [2.05, 4.69) is 5.32 Å². The molecule has 0 rings (SSSR count). The summed E-state index contributed by atoms with van der Waals surface area (Å²) < 4.78 is 0. The van der Waals surface area contributed by atoms with Crippen LogP contribution in [0.15, 0.2) is 0 Å². The van der Waals surface area contributed by atoms with Crippen LogP contribution in [0.2, 0.25) is 0 Å². The molecule has 0 heterocycles. The number of rotatable bonds is 9. The lowest BCUT2D eigenvalue weighted by molar-refractivity contribution is -0.135. The standard InChI is InChI=1S/C17H32N2O3/c1-11(2)12(3)14(20)10-13(15(21)17(4,5)6)8-7-9-19-16(18)22/h11-13H,7-10H2,1-6H3,(H3,18,19,22). The van der Waals surface area contributed by atoms with Gasteiger partial charge in [-0.2, -0.15) is 0 Å². The van der Waals surface area contributed by atoms with Crippen molar-refractivity contribution in [2.45, 2.75) is 60.8 Å². The van der Waals surface area contributed by atoms with Crippen LogP contribution in [0, 0.1) is 23.2 Å². The van der Waals surface area contributed by atoms with Crippen molar-refractivity contribution in [1.82, 2.24) is 5.32 Å². The van der Waals surface area contributed by atoms with Crippen LogP contribution in [0.3, 0.4) is 0 Å². The van der Waals surface area contributed by atoms with E-state index in [1.54, 1.807) is 0 Å². The summed E-state index contributed by atoms with van der Waals surface area (Å²) in [5.74, 6) is 0.188. The average molecular weight is 312 g/mol. The summed E-state index contributed by atoms with van der Waals surface area (Å²) in [5.41, 5.74) is 4.55. The third-order valence-electron chi connectivity index (χ3n) is 4.09. The average Bonchev–Trinajstić information content (AvgIpc) is 2.38. The van der Waals surface area contributed by atoms with Gasteiger partial charge in [0.1, 0.15) is 11.6 Å². The zero-order chi connectivity index (χ0) is 17.5. The number of primary amides is 1. The highest BCUT2D eigenvalue weighted by atomic mass is 16.2. The number of ketones is 2. The van der Waals surface area contributed by atoms with Gasteiger partial charge in [-0.05, 0) is 18.8 Å². The topological polar surface area (TPSA) is 89.3 Å². The number of nitrogens with two attached hydrogens (primary N) is 1. The number of Topliss-reactive ketones (excluding diaryl/α,β-unsaturated/α-hetero) is 2. The van der Waals surface area contributed by atoms with Crippen molar-refractivity contribution in [3.8, 4) is 0 Å². The van der Waals surface area contributed by atoms with Crippen molar-refractivity contribution < 1.29 is 14.4 Å². The van der Waals surface area contributed by atoms with Gasteiger partial charge in [0.2, 0.25) is 0 Å². The molecule has 2 amide bonds. The molecule has 0 aliphatic carbocycles. The van der Waals surface area contributed by atoms with Crippen LogP contribution in [0.25, 0.3) is 0 Å². The van der Waals surface area contributed by atoms with Gasteiger partial charge >= 0.3 is 6.03 Å². The number of hydrogen-bond donors (Lipinski definition) is 2. The molecule has 0 aliphatic rings. The Labute approximate surface area is 134 Å². The number of hydrogen-bond acceptors (Lipinski definition) is 3. The van der Waals surface area contributed by atoms with Gasteiger partial charge in [0.05, 0.1) is 0 Å². The van der Waals surface area contributed by atoms with Gasteiger partial charge in [-0.1, -0.05) is 41.5 Å². The maximum atomic E-state index is 12.6. The SMILES string of the molecule is CC(C)C(C)C(=O)CC(CCCNC(N)=O)C(=O)C(C)(C)C. The van der Waals surface area contributed by atoms with Gasteiger partial charge in [0.25, 0.3) is 0 Å². The molecular weight excluding hydrogens is 280 g/mol. The van der Waals surface area contributed by atoms with Gasteiger partial charge in [0, 0.05) is 30.2 Å². The van der Waals surface area contributed by atoms with Crippen molar-refractivity contribution in [1.29, 1.82) is 0 Å². The van der Waals surface area contributed by atoms with E-state index in [1.165, 1.54) is 0 Å². The molecule has 5 heteroatoms. The number of urea groups is 1. The Hall–Kier alpha value is -1.39. The minimum absolute atomic E-state index is 0.0426. The highest BCUT2D eigenvalue weighted by Crippen LogP contribution is 2.27. The van der Waals surface area contributed by atoms with Crippen molar-refractivity contribution in [3.05, 3.63) is 0 Å². The molecule has 5 nitrogen and oxygen atoms in total. The molecule has 0 saturated heterocycles. The molecule has 2 atom stereocenters. The van der Waals surface area contributed by atoms with E-state index in [9.17, 15) is 14.4 Å². The summed E-state index contributed by atoms with van der Waals surface area (Å²) in [4.78, 5) is 35.6. The summed E-state index contributed by atoms with van der Waals surface area (Å²) in [6.07, 6.45) is 1.51. The lowest BCUT2D eigenvalue weighted by Gasteiger charge is -2.26. The summed E-state index contributed by atoms with van der Waals surface area (Å²) >= 11 is 0. The van der Waals surface area contributed by atoms with E-state index in [1.807, 2.05) is 41.5 Å². The minimum Gasteiger partial charge on any atom is -0.352 e. The summed E-state index contributed by atoms with van der Waals surface area (Å²) in [7, 11) is 0. The van der Waals surface area contributed by atoms with Crippen LogP contribution in [-0.2, 0) is 9.59 Å². The Morgan fingerprint density at radius 2 is 1.64 bits per heavy atom. The third kappa shape index (κ3) is 7.57. The molecule has 0 spiro atoms. The fourth-order valence-electron chi connectivity index (χ4n) is 2.30. The second-order valence-electron chi connectivity index (χ2n) is 7.45. The summed E-state index contributed by atoms with van der Waals surface area (Å²) in [5, 5.41) is 2.52. The van der Waals surface area contributed by atoms with Gasteiger partial charge < -0.3 is 11.1 Å². The zero-order valence-corrected chi connectivity index (χ0v) is 14.9. The fraction of sp³-hybridized carbons (Fsp3) is 0.824. The van der Waals surface area contributed by atoms with Gasteiger partial charge in [-0.25, -0.2) is 4.79 Å². The van der Waals surface area contributed by atoms with E-state index >= 15 is 0 Å². The third-order valence-corrected chi connectivity index (χ3v) is 4.09. The smallest absolute Gasteiger partial charge is 0.312 e. The van der Waals surface area contributed by atoms with Crippen LogP contribution in [0.4, 0.5) is 4.79 Å². The van der Waals surface area contributed by atoms with Crippen LogP contribution in [-0.4, -0.2) is 24.1 Å². The first-order valence-electron chi connectivity index (χ1n) is 8.07. The molecular formula is C17H32N2O3. The largest absolute Gasteiger partial charge is 0.352 e. The Morgan fingerprint density at radius 1 is 1.09 bits per heavy atom. The minimum atomic E-state index is -0.566. The quantitative estimate of drug-likeness (QED) is 0.641. The Bertz CT molecular complexity index is 397. The van der Waals surface area contributed by atoms with Crippen LogP contribution < -0.4 is 11.1 Å². The maximum Gasteiger partial charge on any atom is 0.312 e.